The number of aromatic nitrogens is 2. The van der Waals surface area contributed by atoms with Crippen LogP contribution in [-0.2, 0) is 4.74 Å². The second-order valence-electron chi connectivity index (χ2n) is 4.69. The van der Waals surface area contributed by atoms with Gasteiger partial charge in [-0.2, -0.15) is 0 Å². The van der Waals surface area contributed by atoms with Gasteiger partial charge < -0.3 is 15.8 Å². The maximum atomic E-state index is 5.81. The van der Waals surface area contributed by atoms with Crippen LogP contribution < -0.4 is 11.1 Å². The highest BCUT2D eigenvalue weighted by Gasteiger charge is 2.13. The third-order valence-corrected chi connectivity index (χ3v) is 3.41. The fourth-order valence-electron chi connectivity index (χ4n) is 2.20. The lowest BCUT2D eigenvalue weighted by Crippen LogP contribution is -2.21. The van der Waals surface area contributed by atoms with Crippen molar-refractivity contribution in [3.8, 4) is 0 Å². The minimum Gasteiger partial charge on any atom is -0.388 e. The van der Waals surface area contributed by atoms with Gasteiger partial charge in [0, 0.05) is 12.7 Å². The predicted molar refractivity (Wildman–Crippen MR) is 79.2 cm³/mol. The van der Waals surface area contributed by atoms with Crippen molar-refractivity contribution in [3.05, 3.63) is 18.0 Å². The van der Waals surface area contributed by atoms with Gasteiger partial charge in [-0.3, -0.25) is 0 Å². The molecule has 1 saturated carbocycles. The maximum absolute atomic E-state index is 5.81. The summed E-state index contributed by atoms with van der Waals surface area (Å²) in [6.07, 6.45) is 8.37. The summed E-state index contributed by atoms with van der Waals surface area (Å²) in [7, 11) is 0. The van der Waals surface area contributed by atoms with E-state index in [4.69, 9.17) is 22.7 Å². The Labute approximate surface area is 119 Å². The SMILES string of the molecule is NC(=S)c1ccnc(NCCOC2CCCCC2)n1. The first-order valence-electron chi connectivity index (χ1n) is 6.74. The maximum Gasteiger partial charge on any atom is 0.223 e. The molecule has 6 heteroatoms. The van der Waals surface area contributed by atoms with Crippen LogP contribution in [-0.4, -0.2) is 34.2 Å². The summed E-state index contributed by atoms with van der Waals surface area (Å²) in [4.78, 5) is 8.61. The molecule has 5 nitrogen and oxygen atoms in total. The topological polar surface area (TPSA) is 73.1 Å². The van der Waals surface area contributed by atoms with Gasteiger partial charge in [0.05, 0.1) is 12.7 Å². The molecule has 104 valence electrons. The van der Waals surface area contributed by atoms with E-state index < -0.39 is 0 Å². The molecule has 1 heterocycles. The Balaban J connectivity index is 1.70. The molecule has 0 aromatic carbocycles. The van der Waals surface area contributed by atoms with Crippen LogP contribution in [0.25, 0.3) is 0 Å². The lowest BCUT2D eigenvalue weighted by atomic mass is 9.98. The minimum atomic E-state index is 0.281. The van der Waals surface area contributed by atoms with Gasteiger partial charge in [-0.25, -0.2) is 9.97 Å². The zero-order valence-electron chi connectivity index (χ0n) is 11.0. The zero-order valence-corrected chi connectivity index (χ0v) is 11.8. The number of rotatable bonds is 6. The number of nitrogens with zero attached hydrogens (tertiary/aromatic N) is 2. The lowest BCUT2D eigenvalue weighted by molar-refractivity contribution is 0.0347. The number of ether oxygens (including phenoxy) is 1. The van der Waals surface area contributed by atoms with Gasteiger partial charge in [-0.05, 0) is 18.9 Å². The van der Waals surface area contributed by atoms with E-state index in [1.807, 2.05) is 0 Å². The first-order valence-corrected chi connectivity index (χ1v) is 7.15. The van der Waals surface area contributed by atoms with Crippen molar-refractivity contribution in [1.29, 1.82) is 0 Å². The van der Waals surface area contributed by atoms with Crippen molar-refractivity contribution < 1.29 is 4.74 Å². The van der Waals surface area contributed by atoms with Crippen molar-refractivity contribution in [2.45, 2.75) is 38.2 Å². The fraction of sp³-hybridized carbons (Fsp3) is 0.615. The molecule has 1 fully saturated rings. The molecule has 1 aliphatic rings. The number of hydrogen-bond donors (Lipinski definition) is 2. The van der Waals surface area contributed by atoms with Gasteiger partial charge in [0.2, 0.25) is 5.95 Å². The first-order chi connectivity index (χ1) is 9.25. The Morgan fingerprint density at radius 3 is 2.95 bits per heavy atom. The molecule has 0 spiro atoms. The average Bonchev–Trinajstić information content (AvgIpc) is 2.45. The molecular weight excluding hydrogens is 260 g/mol. The molecule has 0 aliphatic heterocycles. The number of hydrogen-bond acceptors (Lipinski definition) is 5. The van der Waals surface area contributed by atoms with Gasteiger partial charge in [0.1, 0.15) is 10.7 Å². The minimum absolute atomic E-state index is 0.281. The molecule has 0 atom stereocenters. The summed E-state index contributed by atoms with van der Waals surface area (Å²) in [6.45, 7) is 1.36. The predicted octanol–water partition coefficient (Wildman–Crippen LogP) is 1.87. The molecule has 0 radical (unpaired) electrons. The molecule has 0 unspecified atom stereocenters. The number of thiocarbonyl (C=S) groups is 1. The Morgan fingerprint density at radius 1 is 1.42 bits per heavy atom. The van der Waals surface area contributed by atoms with Crippen LogP contribution >= 0.6 is 12.2 Å². The summed E-state index contributed by atoms with van der Waals surface area (Å²) in [5.74, 6) is 0.539. The summed E-state index contributed by atoms with van der Waals surface area (Å²) in [5.41, 5.74) is 6.11. The van der Waals surface area contributed by atoms with Crippen LogP contribution in [0.3, 0.4) is 0 Å². The molecule has 2 rings (SSSR count). The van der Waals surface area contributed by atoms with Crippen molar-refractivity contribution in [2.24, 2.45) is 5.73 Å². The lowest BCUT2D eigenvalue weighted by Gasteiger charge is -2.21. The van der Waals surface area contributed by atoms with Gasteiger partial charge in [-0.1, -0.05) is 31.5 Å². The second-order valence-corrected chi connectivity index (χ2v) is 5.13. The Kier molecular flexibility index (Phi) is 5.47. The van der Waals surface area contributed by atoms with Crippen LogP contribution in [0.5, 0.6) is 0 Å². The quantitative estimate of drug-likeness (QED) is 0.612. The van der Waals surface area contributed by atoms with E-state index in [9.17, 15) is 0 Å². The van der Waals surface area contributed by atoms with Crippen LogP contribution in [0.15, 0.2) is 12.3 Å². The molecular formula is C13H20N4OS. The van der Waals surface area contributed by atoms with Crippen molar-refractivity contribution >= 4 is 23.2 Å². The van der Waals surface area contributed by atoms with Crippen LogP contribution in [0.2, 0.25) is 0 Å². The highest BCUT2D eigenvalue weighted by atomic mass is 32.1. The van der Waals surface area contributed by atoms with E-state index in [1.165, 1.54) is 32.1 Å². The summed E-state index contributed by atoms with van der Waals surface area (Å²) >= 11 is 4.88. The largest absolute Gasteiger partial charge is 0.388 e. The van der Waals surface area contributed by atoms with Crippen LogP contribution in [0, 0.1) is 0 Å². The molecule has 0 saturated heterocycles. The third kappa shape index (κ3) is 4.72. The molecule has 3 N–H and O–H groups in total. The number of anilines is 1. The number of nitrogens with one attached hydrogen (secondary N) is 1. The van der Waals surface area contributed by atoms with Gasteiger partial charge >= 0.3 is 0 Å². The Hall–Kier alpha value is -1.27. The van der Waals surface area contributed by atoms with Crippen molar-refractivity contribution in [1.82, 2.24) is 9.97 Å². The Bertz CT molecular complexity index is 421. The van der Waals surface area contributed by atoms with Gasteiger partial charge in [0.25, 0.3) is 0 Å². The zero-order chi connectivity index (χ0) is 13.5. The summed E-state index contributed by atoms with van der Waals surface area (Å²) in [5, 5.41) is 3.12. The summed E-state index contributed by atoms with van der Waals surface area (Å²) in [6, 6.07) is 1.70. The highest BCUT2D eigenvalue weighted by molar-refractivity contribution is 7.80. The molecule has 1 aromatic rings. The van der Waals surface area contributed by atoms with Crippen LogP contribution in [0.4, 0.5) is 5.95 Å². The monoisotopic (exact) mass is 280 g/mol. The van der Waals surface area contributed by atoms with E-state index in [2.05, 4.69) is 15.3 Å². The van der Waals surface area contributed by atoms with E-state index in [0.717, 1.165) is 0 Å². The standard InChI is InChI=1S/C13H20N4OS/c14-12(19)11-6-7-15-13(17-11)16-8-9-18-10-4-2-1-3-5-10/h6-7,10H,1-5,8-9H2,(H2,14,19)(H,15,16,17). The van der Waals surface area contributed by atoms with Gasteiger partial charge in [0.15, 0.2) is 0 Å². The van der Waals surface area contributed by atoms with Crippen LogP contribution in [0.1, 0.15) is 37.8 Å². The molecule has 1 aromatic heterocycles. The molecule has 1 aliphatic carbocycles. The van der Waals surface area contributed by atoms with Gasteiger partial charge in [-0.15, -0.1) is 0 Å². The van der Waals surface area contributed by atoms with E-state index >= 15 is 0 Å². The third-order valence-electron chi connectivity index (χ3n) is 3.20. The van der Waals surface area contributed by atoms with Crippen molar-refractivity contribution in [2.75, 3.05) is 18.5 Å². The normalized spacial score (nSPS) is 16.2. The van der Waals surface area contributed by atoms with E-state index in [0.29, 0.717) is 30.9 Å². The van der Waals surface area contributed by atoms with E-state index in [-0.39, 0.29) is 4.99 Å². The molecule has 0 bridgehead atoms. The van der Waals surface area contributed by atoms with E-state index in [1.54, 1.807) is 12.3 Å². The average molecular weight is 280 g/mol. The number of nitrogens with two attached hydrogens (primary N) is 1. The summed E-state index contributed by atoms with van der Waals surface area (Å²) < 4.78 is 5.81. The smallest absolute Gasteiger partial charge is 0.223 e. The second kappa shape index (κ2) is 7.35. The van der Waals surface area contributed by atoms with Crippen molar-refractivity contribution in [3.63, 3.8) is 0 Å². The molecule has 0 amide bonds. The fourth-order valence-corrected chi connectivity index (χ4v) is 2.32. The Morgan fingerprint density at radius 2 is 2.21 bits per heavy atom. The molecule has 19 heavy (non-hydrogen) atoms. The highest BCUT2D eigenvalue weighted by Crippen LogP contribution is 2.19. The first kappa shape index (κ1) is 14.1.